The number of benzene rings is 11. The lowest BCUT2D eigenvalue weighted by atomic mass is 9.93. The predicted octanol–water partition coefficient (Wildman–Crippen LogP) is 17.3. The van der Waals surface area contributed by atoms with Crippen LogP contribution in [-0.2, 0) is 6.42 Å². The second kappa shape index (κ2) is 17.7. The Balaban J connectivity index is 0.000000156. The van der Waals surface area contributed by atoms with E-state index in [-0.39, 0.29) is 0 Å². The van der Waals surface area contributed by atoms with Crippen molar-refractivity contribution in [2.75, 3.05) is 11.5 Å². The molecule has 3 nitrogen and oxygen atoms in total. The Bertz CT molecular complexity index is 3620. The number of fused-ring (bicyclic) bond motifs is 6. The Kier molecular flexibility index (Phi) is 10.9. The Morgan fingerprint density at radius 3 is 1.22 bits per heavy atom. The summed E-state index contributed by atoms with van der Waals surface area (Å²) in [4.78, 5) is 0. The van der Waals surface area contributed by atoms with Gasteiger partial charge >= 0.3 is 0 Å². The van der Waals surface area contributed by atoms with E-state index in [1.807, 2.05) is 12.1 Å². The molecule has 0 bridgehead atoms. The highest BCUT2D eigenvalue weighted by atomic mass is 16.3. The van der Waals surface area contributed by atoms with E-state index in [0.29, 0.717) is 11.4 Å². The van der Waals surface area contributed by atoms with Crippen LogP contribution in [0.1, 0.15) is 12.5 Å². The van der Waals surface area contributed by atoms with Crippen molar-refractivity contribution >= 4 is 54.9 Å². The van der Waals surface area contributed by atoms with Gasteiger partial charge in [-0.1, -0.05) is 201 Å². The van der Waals surface area contributed by atoms with E-state index in [2.05, 4.69) is 231 Å². The molecular weight excluding hydrogens is 813 g/mol. The van der Waals surface area contributed by atoms with Gasteiger partial charge in [0.25, 0.3) is 0 Å². The van der Waals surface area contributed by atoms with Crippen LogP contribution in [0.2, 0.25) is 0 Å². The molecule has 0 spiro atoms. The Hall–Kier alpha value is -8.66. The topological polar surface area (TPSA) is 65.2 Å². The van der Waals surface area contributed by atoms with E-state index in [0.717, 1.165) is 61.0 Å². The number of hydrogen-bond donors (Lipinski definition) is 2. The van der Waals surface area contributed by atoms with Gasteiger partial charge in [-0.2, -0.15) is 0 Å². The van der Waals surface area contributed by atoms with Crippen LogP contribution in [0.5, 0.6) is 0 Å². The van der Waals surface area contributed by atoms with Crippen LogP contribution < -0.4 is 11.5 Å². The second-order valence-corrected chi connectivity index (χ2v) is 17.2. The van der Waals surface area contributed by atoms with Crippen molar-refractivity contribution in [3.63, 3.8) is 0 Å². The lowest BCUT2D eigenvalue weighted by Gasteiger charge is -2.14. The highest BCUT2D eigenvalue weighted by Gasteiger charge is 2.17. The molecule has 0 radical (unpaired) electrons. The number of nitrogens with two attached hydrogens (primary N) is 2. The molecule has 11 aromatic carbocycles. The summed E-state index contributed by atoms with van der Waals surface area (Å²) in [5, 5.41) is 6.51. The largest absolute Gasteiger partial charge is 0.455 e. The lowest BCUT2D eigenvalue weighted by Crippen LogP contribution is -1.98. The third kappa shape index (κ3) is 7.98. The maximum atomic E-state index is 6.60. The summed E-state index contributed by atoms with van der Waals surface area (Å²) in [6.45, 7) is 2.20. The molecular formula is C64H48N2O. The van der Waals surface area contributed by atoms with Gasteiger partial charge in [0.05, 0.1) is 11.4 Å². The van der Waals surface area contributed by atoms with Crippen molar-refractivity contribution in [1.82, 2.24) is 0 Å². The minimum absolute atomic E-state index is 0.648. The maximum Gasteiger partial charge on any atom is 0.143 e. The van der Waals surface area contributed by atoms with Gasteiger partial charge in [-0.3, -0.25) is 0 Å². The first kappa shape index (κ1) is 41.1. The van der Waals surface area contributed by atoms with E-state index < -0.39 is 0 Å². The fraction of sp³-hybridized carbons (Fsp3) is 0.0312. The molecule has 4 N–H and O–H groups in total. The van der Waals surface area contributed by atoms with Crippen LogP contribution in [0.25, 0.3) is 110 Å². The molecule has 3 heteroatoms. The van der Waals surface area contributed by atoms with Crippen molar-refractivity contribution in [2.24, 2.45) is 0 Å². The molecule has 320 valence electrons. The van der Waals surface area contributed by atoms with Gasteiger partial charge in [0.15, 0.2) is 0 Å². The van der Waals surface area contributed by atoms with Gasteiger partial charge in [-0.15, -0.1) is 0 Å². The second-order valence-electron chi connectivity index (χ2n) is 17.2. The predicted molar refractivity (Wildman–Crippen MR) is 286 cm³/mol. The Labute approximate surface area is 391 Å². The quantitative estimate of drug-likeness (QED) is 0.0953. The molecule has 1 aromatic heterocycles. The van der Waals surface area contributed by atoms with E-state index in [1.165, 1.54) is 61.2 Å². The van der Waals surface area contributed by atoms with Crippen LogP contribution in [0.4, 0.5) is 11.4 Å². The molecule has 12 aromatic rings. The summed E-state index contributed by atoms with van der Waals surface area (Å²) in [5.41, 5.74) is 31.5. The van der Waals surface area contributed by atoms with Crippen molar-refractivity contribution in [2.45, 2.75) is 13.3 Å². The molecule has 0 saturated heterocycles. The standard InChI is InChI=1S/C38H28O.C26H20N2/c1-2-26-11-9-16-29(21-26)30-17-10-18-32(22-30)34-24-33(28-14-7-4-8-15-28)25-36-35-23-31(27-12-5-3-6-13-27)19-20-37(35)39-38(34)36;27-25-21-13-11-19(17-7-3-1-4-8-17)15-23(21)24-16-20(12-14-22(24)26(25)28)18-9-5-2-6-10-18/h3-25H,2H2,1H3;1-16H,27-28H2. The van der Waals surface area contributed by atoms with Crippen molar-refractivity contribution in [1.29, 1.82) is 0 Å². The number of anilines is 2. The average molecular weight is 861 g/mol. The highest BCUT2D eigenvalue weighted by molar-refractivity contribution is 6.20. The summed E-state index contributed by atoms with van der Waals surface area (Å²) in [6.07, 6.45) is 1.03. The molecule has 67 heavy (non-hydrogen) atoms. The van der Waals surface area contributed by atoms with Gasteiger partial charge in [-0.25, -0.2) is 0 Å². The van der Waals surface area contributed by atoms with Crippen molar-refractivity contribution < 1.29 is 4.42 Å². The highest BCUT2D eigenvalue weighted by Crippen LogP contribution is 2.43. The lowest BCUT2D eigenvalue weighted by molar-refractivity contribution is 0.670. The maximum absolute atomic E-state index is 6.60. The number of rotatable bonds is 7. The van der Waals surface area contributed by atoms with Crippen LogP contribution in [0.15, 0.2) is 241 Å². The molecule has 0 amide bonds. The zero-order valence-corrected chi connectivity index (χ0v) is 37.3. The average Bonchev–Trinajstić information content (AvgIpc) is 3.79. The molecule has 0 saturated carbocycles. The van der Waals surface area contributed by atoms with Gasteiger partial charge < -0.3 is 15.9 Å². The first-order valence-electron chi connectivity index (χ1n) is 23.0. The van der Waals surface area contributed by atoms with Crippen molar-refractivity contribution in [3.05, 3.63) is 242 Å². The van der Waals surface area contributed by atoms with Gasteiger partial charge in [-0.05, 0) is 126 Å². The Morgan fingerprint density at radius 1 is 0.299 bits per heavy atom. The zero-order valence-electron chi connectivity index (χ0n) is 37.3. The molecule has 0 fully saturated rings. The molecule has 12 rings (SSSR count). The fourth-order valence-electron chi connectivity index (χ4n) is 9.45. The van der Waals surface area contributed by atoms with E-state index >= 15 is 0 Å². The van der Waals surface area contributed by atoms with E-state index in [1.54, 1.807) is 0 Å². The molecule has 1 heterocycles. The monoisotopic (exact) mass is 860 g/mol. The van der Waals surface area contributed by atoms with Gasteiger partial charge in [0, 0.05) is 27.1 Å². The number of nitrogen functional groups attached to an aromatic ring is 2. The van der Waals surface area contributed by atoms with Crippen LogP contribution in [-0.4, -0.2) is 0 Å². The molecule has 0 aliphatic carbocycles. The summed E-state index contributed by atoms with van der Waals surface area (Å²) in [7, 11) is 0. The third-order valence-corrected chi connectivity index (χ3v) is 13.0. The molecule has 0 unspecified atom stereocenters. The number of furan rings is 1. The number of hydrogen-bond acceptors (Lipinski definition) is 3. The first-order valence-corrected chi connectivity index (χ1v) is 23.0. The summed E-state index contributed by atoms with van der Waals surface area (Å²) >= 11 is 0. The van der Waals surface area contributed by atoms with Crippen LogP contribution in [0, 0.1) is 0 Å². The first-order chi connectivity index (χ1) is 33.0. The third-order valence-electron chi connectivity index (χ3n) is 13.0. The smallest absolute Gasteiger partial charge is 0.143 e. The zero-order chi connectivity index (χ0) is 45.3. The molecule has 0 aliphatic rings. The SMILES string of the molecule is CCc1cccc(-c2cccc(-c3cc(-c4ccccc4)cc4c3oc3ccc(-c5ccccc5)cc34)c2)c1.Nc1c(N)c2ccc(-c3ccccc3)cc2c2cc(-c3ccccc3)ccc12. The summed E-state index contributed by atoms with van der Waals surface area (Å²) < 4.78 is 6.60. The van der Waals surface area contributed by atoms with E-state index in [4.69, 9.17) is 15.9 Å². The van der Waals surface area contributed by atoms with Crippen LogP contribution in [0.3, 0.4) is 0 Å². The Morgan fingerprint density at radius 2 is 0.701 bits per heavy atom. The summed E-state index contributed by atoms with van der Waals surface area (Å²) in [5.74, 6) is 0. The molecule has 0 aliphatic heterocycles. The van der Waals surface area contributed by atoms with Gasteiger partial charge in [0.1, 0.15) is 11.2 Å². The minimum atomic E-state index is 0.648. The normalized spacial score (nSPS) is 11.2. The van der Waals surface area contributed by atoms with Crippen molar-refractivity contribution in [3.8, 4) is 66.8 Å². The summed E-state index contributed by atoms with van der Waals surface area (Å²) in [6, 6.07) is 83.5. The minimum Gasteiger partial charge on any atom is -0.455 e. The van der Waals surface area contributed by atoms with Gasteiger partial charge in [0.2, 0.25) is 0 Å². The molecule has 0 atom stereocenters. The number of aryl methyl sites for hydroxylation is 1. The van der Waals surface area contributed by atoms with Crippen LogP contribution >= 0.6 is 0 Å². The van der Waals surface area contributed by atoms with E-state index in [9.17, 15) is 0 Å². The fourth-order valence-corrected chi connectivity index (χ4v) is 9.45.